The summed E-state index contributed by atoms with van der Waals surface area (Å²) < 4.78 is 0. The van der Waals surface area contributed by atoms with Gasteiger partial charge in [-0.25, -0.2) is 0 Å². The molecule has 2 fully saturated rings. The zero-order valence-electron chi connectivity index (χ0n) is 12.4. The molecular weight excluding hydrogens is 240 g/mol. The van der Waals surface area contributed by atoms with Gasteiger partial charge in [-0.15, -0.1) is 0 Å². The van der Waals surface area contributed by atoms with Crippen LogP contribution >= 0.6 is 0 Å². The molecule has 2 aliphatic heterocycles. The maximum absolute atomic E-state index is 11.3. The van der Waals surface area contributed by atoms with E-state index in [2.05, 4.69) is 16.7 Å². The van der Waals surface area contributed by atoms with Crippen LogP contribution in [0.3, 0.4) is 0 Å². The van der Waals surface area contributed by atoms with Crippen LogP contribution in [0.15, 0.2) is 0 Å². The number of piperidine rings is 1. The summed E-state index contributed by atoms with van der Waals surface area (Å²) in [4.78, 5) is 16.3. The molecule has 1 unspecified atom stereocenters. The van der Waals surface area contributed by atoms with Crippen molar-refractivity contribution in [3.05, 3.63) is 0 Å². The Morgan fingerprint density at radius 3 is 2.47 bits per heavy atom. The fraction of sp³-hybridized carbons (Fsp3) is 0.933. The van der Waals surface area contributed by atoms with Crippen molar-refractivity contribution in [2.75, 3.05) is 32.7 Å². The predicted molar refractivity (Wildman–Crippen MR) is 76.3 cm³/mol. The lowest BCUT2D eigenvalue weighted by molar-refractivity contribution is -0.151. The molecule has 4 nitrogen and oxygen atoms in total. The van der Waals surface area contributed by atoms with Crippen molar-refractivity contribution < 1.29 is 9.90 Å². The number of aliphatic carboxylic acids is 1. The molecule has 2 saturated heterocycles. The number of hydrogen-bond donors (Lipinski definition) is 1. The van der Waals surface area contributed by atoms with Gasteiger partial charge in [0.2, 0.25) is 0 Å². The van der Waals surface area contributed by atoms with E-state index in [9.17, 15) is 9.90 Å². The van der Waals surface area contributed by atoms with Crippen LogP contribution in [0.25, 0.3) is 0 Å². The van der Waals surface area contributed by atoms with Crippen LogP contribution in [0, 0.1) is 5.41 Å². The number of likely N-dealkylation sites (tertiary alicyclic amines) is 2. The molecule has 0 saturated carbocycles. The van der Waals surface area contributed by atoms with E-state index >= 15 is 0 Å². The van der Waals surface area contributed by atoms with Gasteiger partial charge in [-0.2, -0.15) is 0 Å². The number of hydrogen-bond acceptors (Lipinski definition) is 3. The van der Waals surface area contributed by atoms with Gasteiger partial charge in [-0.05, 0) is 71.8 Å². The fourth-order valence-corrected chi connectivity index (χ4v) is 3.42. The minimum absolute atomic E-state index is 0.489. The van der Waals surface area contributed by atoms with E-state index in [1.54, 1.807) is 0 Å². The number of nitrogens with zero attached hydrogens (tertiary/aromatic N) is 2. The summed E-state index contributed by atoms with van der Waals surface area (Å²) in [6.07, 6.45) is 5.41. The molecule has 110 valence electrons. The molecule has 19 heavy (non-hydrogen) atoms. The average Bonchev–Trinajstić information content (AvgIpc) is 2.65. The molecule has 2 aliphatic rings. The lowest BCUT2D eigenvalue weighted by Crippen LogP contribution is -2.47. The van der Waals surface area contributed by atoms with E-state index < -0.39 is 11.4 Å². The smallest absolute Gasteiger partial charge is 0.309 e. The largest absolute Gasteiger partial charge is 0.481 e. The summed E-state index contributed by atoms with van der Waals surface area (Å²) in [5.74, 6) is -0.620. The number of carboxylic acid groups (broad SMARTS) is 1. The fourth-order valence-electron chi connectivity index (χ4n) is 3.42. The Labute approximate surface area is 116 Å². The van der Waals surface area contributed by atoms with Gasteiger partial charge in [0.05, 0.1) is 5.41 Å². The highest BCUT2D eigenvalue weighted by Crippen LogP contribution is 2.33. The Balaban J connectivity index is 1.86. The van der Waals surface area contributed by atoms with Crippen molar-refractivity contribution in [1.29, 1.82) is 0 Å². The maximum atomic E-state index is 11.3. The minimum atomic E-state index is -0.620. The lowest BCUT2D eigenvalue weighted by atomic mass is 9.80. The van der Waals surface area contributed by atoms with Crippen LogP contribution in [-0.4, -0.2) is 59.6 Å². The van der Waals surface area contributed by atoms with Crippen molar-refractivity contribution >= 4 is 5.97 Å². The lowest BCUT2D eigenvalue weighted by Gasteiger charge is -2.40. The number of carboxylic acids is 1. The predicted octanol–water partition coefficient (Wildman–Crippen LogP) is 2.05. The van der Waals surface area contributed by atoms with Crippen LogP contribution in [0.4, 0.5) is 0 Å². The van der Waals surface area contributed by atoms with E-state index in [1.165, 1.54) is 32.4 Å². The zero-order chi connectivity index (χ0) is 13.9. The summed E-state index contributed by atoms with van der Waals surface area (Å²) in [5, 5.41) is 9.28. The Bertz CT molecular complexity index is 311. The van der Waals surface area contributed by atoms with Crippen LogP contribution < -0.4 is 0 Å². The molecular formula is C15H28N2O2. The topological polar surface area (TPSA) is 43.8 Å². The second-order valence-corrected chi connectivity index (χ2v) is 6.42. The SMILES string of the molecule is CCN1CCCC(N2CCC(C)(C(=O)O)CC2)CC1. The highest BCUT2D eigenvalue weighted by molar-refractivity contribution is 5.74. The summed E-state index contributed by atoms with van der Waals surface area (Å²) >= 11 is 0. The van der Waals surface area contributed by atoms with Gasteiger partial charge in [-0.3, -0.25) is 4.79 Å². The second-order valence-electron chi connectivity index (χ2n) is 6.42. The molecule has 0 spiro atoms. The number of carbonyl (C=O) groups is 1. The second kappa shape index (κ2) is 6.23. The summed E-state index contributed by atoms with van der Waals surface area (Å²) in [6, 6.07) is 0.676. The van der Waals surface area contributed by atoms with Gasteiger partial charge in [0.15, 0.2) is 0 Å². The molecule has 0 bridgehead atoms. The number of rotatable bonds is 3. The Hall–Kier alpha value is -0.610. The molecule has 1 N–H and O–H groups in total. The summed E-state index contributed by atoms with van der Waals surface area (Å²) in [5.41, 5.74) is -0.489. The summed E-state index contributed by atoms with van der Waals surface area (Å²) in [7, 11) is 0. The van der Waals surface area contributed by atoms with Crippen LogP contribution in [0.1, 0.15) is 46.0 Å². The molecule has 2 heterocycles. The van der Waals surface area contributed by atoms with Crippen molar-refractivity contribution in [3.63, 3.8) is 0 Å². The summed E-state index contributed by atoms with van der Waals surface area (Å²) in [6.45, 7) is 9.64. The first-order valence-electron chi connectivity index (χ1n) is 7.75. The first kappa shape index (κ1) is 14.8. The molecule has 0 aliphatic carbocycles. The Morgan fingerprint density at radius 2 is 1.89 bits per heavy atom. The molecule has 1 atom stereocenters. The standard InChI is InChI=1S/C15H28N2O2/c1-3-16-9-4-5-13(6-10-16)17-11-7-15(2,8-12-17)14(18)19/h13H,3-12H2,1-2H3,(H,18,19). The molecule has 2 rings (SSSR count). The molecule has 0 aromatic rings. The van der Waals surface area contributed by atoms with Crippen molar-refractivity contribution in [2.45, 2.75) is 52.0 Å². The highest BCUT2D eigenvalue weighted by Gasteiger charge is 2.38. The quantitative estimate of drug-likeness (QED) is 0.851. The first-order chi connectivity index (χ1) is 9.05. The van der Waals surface area contributed by atoms with E-state index in [1.807, 2.05) is 6.92 Å². The van der Waals surface area contributed by atoms with Crippen LogP contribution in [0.2, 0.25) is 0 Å². The Morgan fingerprint density at radius 1 is 1.21 bits per heavy atom. The van der Waals surface area contributed by atoms with Gasteiger partial charge in [0.25, 0.3) is 0 Å². The average molecular weight is 268 g/mol. The van der Waals surface area contributed by atoms with E-state index in [-0.39, 0.29) is 0 Å². The molecule has 0 aromatic carbocycles. The molecule has 0 aromatic heterocycles. The van der Waals surface area contributed by atoms with Gasteiger partial charge in [0, 0.05) is 6.04 Å². The van der Waals surface area contributed by atoms with E-state index in [0.29, 0.717) is 6.04 Å². The van der Waals surface area contributed by atoms with E-state index in [4.69, 9.17) is 0 Å². The molecule has 4 heteroatoms. The third kappa shape index (κ3) is 3.48. The Kier molecular flexibility index (Phi) is 4.85. The van der Waals surface area contributed by atoms with Gasteiger partial charge in [-0.1, -0.05) is 6.92 Å². The van der Waals surface area contributed by atoms with Crippen molar-refractivity contribution in [1.82, 2.24) is 9.80 Å². The maximum Gasteiger partial charge on any atom is 0.309 e. The van der Waals surface area contributed by atoms with Gasteiger partial charge < -0.3 is 14.9 Å². The van der Waals surface area contributed by atoms with Crippen LogP contribution in [0.5, 0.6) is 0 Å². The van der Waals surface area contributed by atoms with Crippen molar-refractivity contribution in [3.8, 4) is 0 Å². The molecule has 0 amide bonds. The third-order valence-electron chi connectivity index (χ3n) is 5.17. The molecule has 0 radical (unpaired) electrons. The van der Waals surface area contributed by atoms with Gasteiger partial charge in [0.1, 0.15) is 0 Å². The van der Waals surface area contributed by atoms with Gasteiger partial charge >= 0.3 is 5.97 Å². The zero-order valence-corrected chi connectivity index (χ0v) is 12.4. The highest BCUT2D eigenvalue weighted by atomic mass is 16.4. The third-order valence-corrected chi connectivity index (χ3v) is 5.17. The van der Waals surface area contributed by atoms with Crippen molar-refractivity contribution in [2.24, 2.45) is 5.41 Å². The minimum Gasteiger partial charge on any atom is -0.481 e. The van der Waals surface area contributed by atoms with E-state index in [0.717, 1.165) is 32.5 Å². The normalized spacial score (nSPS) is 29.9. The first-order valence-corrected chi connectivity index (χ1v) is 7.75. The van der Waals surface area contributed by atoms with Crippen LogP contribution in [-0.2, 0) is 4.79 Å². The monoisotopic (exact) mass is 268 g/mol.